The van der Waals surface area contributed by atoms with Gasteiger partial charge in [-0.1, -0.05) is 20.3 Å². The highest BCUT2D eigenvalue weighted by Crippen LogP contribution is 2.64. The van der Waals surface area contributed by atoms with Crippen LogP contribution < -0.4 is 15.4 Å². The molecule has 192 valence electrons. The molecule has 3 aliphatic heterocycles. The van der Waals surface area contributed by atoms with E-state index in [0.29, 0.717) is 43.9 Å². The maximum Gasteiger partial charge on any atom is 0.245 e. The fourth-order valence-electron chi connectivity index (χ4n) is 6.27. The third-order valence-electron chi connectivity index (χ3n) is 7.82. The number of unbranched alkanes of at least 4 members (excludes halogenated alkanes) is 1. The molecule has 35 heavy (non-hydrogen) atoms. The largest absolute Gasteiger partial charge is 0.494 e. The highest BCUT2D eigenvalue weighted by Gasteiger charge is 2.78. The molecular weight excluding hydrogens is 450 g/mol. The fourth-order valence-corrected chi connectivity index (χ4v) is 6.27. The molecule has 0 saturated carbocycles. The first kappa shape index (κ1) is 25.4. The smallest absolute Gasteiger partial charge is 0.245 e. The number of rotatable bonds is 11. The number of likely N-dealkylation sites (tertiary alicyclic amines) is 1. The van der Waals surface area contributed by atoms with Gasteiger partial charge in [-0.25, -0.2) is 0 Å². The zero-order chi connectivity index (χ0) is 25.2. The van der Waals surface area contributed by atoms with E-state index < -0.39 is 29.1 Å². The van der Waals surface area contributed by atoms with Crippen LogP contribution in [0.5, 0.6) is 5.75 Å². The highest BCUT2D eigenvalue weighted by molar-refractivity contribution is 6.02. The third-order valence-corrected chi connectivity index (χ3v) is 7.82. The van der Waals surface area contributed by atoms with E-state index in [4.69, 9.17) is 9.47 Å². The molecule has 2 bridgehead atoms. The quantitative estimate of drug-likeness (QED) is 0.412. The standard InChI is InChI=1S/C26H37N3O6/c1-4-7-14-27-23(32)21-26-13-12-25(5-2,35-26)19(20(26)24(33)29(21)15-16-30)22(31)28-17-8-10-18(11-9-17)34-6-3/h8-11,19-21,30H,4-7,12-16H2,1-3H3,(H,27,32)(H,28,31)/t19-,20-,21?,25+,26?/m0/s1. The van der Waals surface area contributed by atoms with Crippen molar-refractivity contribution in [3.63, 3.8) is 0 Å². The van der Waals surface area contributed by atoms with Crippen LogP contribution in [0.4, 0.5) is 5.69 Å². The zero-order valence-corrected chi connectivity index (χ0v) is 20.8. The average Bonchev–Trinajstić information content (AvgIpc) is 3.45. The van der Waals surface area contributed by atoms with Crippen molar-refractivity contribution < 1.29 is 29.0 Å². The molecule has 0 aromatic heterocycles. The average molecular weight is 488 g/mol. The number of hydrogen-bond donors (Lipinski definition) is 3. The van der Waals surface area contributed by atoms with E-state index in [2.05, 4.69) is 10.6 Å². The van der Waals surface area contributed by atoms with Crippen LogP contribution >= 0.6 is 0 Å². The number of ether oxygens (including phenoxy) is 2. The summed E-state index contributed by atoms with van der Waals surface area (Å²) in [6, 6.07) is 6.25. The van der Waals surface area contributed by atoms with Gasteiger partial charge in [-0.05, 0) is 56.9 Å². The van der Waals surface area contributed by atoms with E-state index in [0.717, 1.165) is 12.8 Å². The Kier molecular flexibility index (Phi) is 7.38. The first-order chi connectivity index (χ1) is 16.9. The Morgan fingerprint density at radius 3 is 2.54 bits per heavy atom. The number of nitrogens with zero attached hydrogens (tertiary/aromatic N) is 1. The number of carbonyl (C=O) groups excluding carboxylic acids is 3. The van der Waals surface area contributed by atoms with Crippen LogP contribution in [-0.4, -0.2) is 71.3 Å². The van der Waals surface area contributed by atoms with Crippen molar-refractivity contribution in [1.82, 2.24) is 10.2 Å². The van der Waals surface area contributed by atoms with Crippen LogP contribution in [0.2, 0.25) is 0 Å². The maximum atomic E-state index is 13.7. The lowest BCUT2D eigenvalue weighted by atomic mass is 9.65. The summed E-state index contributed by atoms with van der Waals surface area (Å²) in [5.74, 6) is -1.65. The van der Waals surface area contributed by atoms with Gasteiger partial charge in [0.2, 0.25) is 17.7 Å². The van der Waals surface area contributed by atoms with Gasteiger partial charge in [0.25, 0.3) is 0 Å². The second-order valence-corrected chi connectivity index (χ2v) is 9.68. The molecule has 1 aromatic carbocycles. The maximum absolute atomic E-state index is 13.7. The Labute approximate surface area is 206 Å². The van der Waals surface area contributed by atoms with Crippen LogP contribution in [0, 0.1) is 11.8 Å². The monoisotopic (exact) mass is 487 g/mol. The minimum Gasteiger partial charge on any atom is -0.494 e. The van der Waals surface area contributed by atoms with Crippen molar-refractivity contribution in [3.8, 4) is 5.75 Å². The van der Waals surface area contributed by atoms with Crippen molar-refractivity contribution >= 4 is 23.4 Å². The Morgan fingerprint density at radius 2 is 1.91 bits per heavy atom. The molecule has 5 atom stereocenters. The second kappa shape index (κ2) is 10.1. The summed E-state index contributed by atoms with van der Waals surface area (Å²) in [4.78, 5) is 42.1. The molecule has 2 unspecified atom stereocenters. The summed E-state index contributed by atoms with van der Waals surface area (Å²) < 4.78 is 12.1. The summed E-state index contributed by atoms with van der Waals surface area (Å²) in [5.41, 5.74) is -1.27. The molecule has 3 aliphatic rings. The second-order valence-electron chi connectivity index (χ2n) is 9.68. The highest BCUT2D eigenvalue weighted by atomic mass is 16.5. The fraction of sp³-hybridized carbons (Fsp3) is 0.654. The molecule has 3 fully saturated rings. The van der Waals surface area contributed by atoms with Crippen LogP contribution in [-0.2, 0) is 19.1 Å². The van der Waals surface area contributed by atoms with Gasteiger partial charge in [0.05, 0.1) is 30.7 Å². The van der Waals surface area contributed by atoms with E-state index >= 15 is 0 Å². The van der Waals surface area contributed by atoms with Gasteiger partial charge in [0.15, 0.2) is 0 Å². The normalized spacial score (nSPS) is 30.9. The van der Waals surface area contributed by atoms with Crippen molar-refractivity contribution in [1.29, 1.82) is 0 Å². The van der Waals surface area contributed by atoms with Crippen LogP contribution in [0.25, 0.3) is 0 Å². The number of fused-ring (bicyclic) bond motifs is 1. The molecule has 4 rings (SSSR count). The van der Waals surface area contributed by atoms with Gasteiger partial charge in [-0.15, -0.1) is 0 Å². The third kappa shape index (κ3) is 4.18. The first-order valence-electron chi connectivity index (χ1n) is 12.8. The van der Waals surface area contributed by atoms with E-state index in [1.165, 1.54) is 4.90 Å². The predicted molar refractivity (Wildman–Crippen MR) is 130 cm³/mol. The Hall–Kier alpha value is -2.65. The van der Waals surface area contributed by atoms with E-state index in [-0.39, 0.29) is 30.9 Å². The molecule has 3 heterocycles. The van der Waals surface area contributed by atoms with Crippen molar-refractivity contribution in [2.75, 3.05) is 31.6 Å². The molecule has 9 heteroatoms. The van der Waals surface area contributed by atoms with E-state index in [9.17, 15) is 19.5 Å². The number of benzene rings is 1. The predicted octanol–water partition coefficient (Wildman–Crippen LogP) is 2.09. The Bertz CT molecular complexity index is 953. The zero-order valence-electron chi connectivity index (χ0n) is 20.8. The number of amides is 3. The first-order valence-corrected chi connectivity index (χ1v) is 12.8. The van der Waals surface area contributed by atoms with Gasteiger partial charge < -0.3 is 30.1 Å². The van der Waals surface area contributed by atoms with E-state index in [1.54, 1.807) is 24.3 Å². The van der Waals surface area contributed by atoms with Crippen LogP contribution in [0.1, 0.15) is 52.9 Å². The SMILES string of the molecule is CCCCNC(=O)C1N(CCO)C(=O)[C@@H]2[C@@H](C(=O)Nc3ccc(OCC)cc3)[C@@]3(CC)CCC12O3. The lowest BCUT2D eigenvalue weighted by Crippen LogP contribution is -2.55. The van der Waals surface area contributed by atoms with Crippen LogP contribution in [0.15, 0.2) is 24.3 Å². The summed E-state index contributed by atoms with van der Waals surface area (Å²) in [5, 5.41) is 15.6. The van der Waals surface area contributed by atoms with Crippen LogP contribution in [0.3, 0.4) is 0 Å². The van der Waals surface area contributed by atoms with Gasteiger partial charge in [0.1, 0.15) is 17.4 Å². The summed E-state index contributed by atoms with van der Waals surface area (Å²) >= 11 is 0. The molecule has 1 aromatic rings. The van der Waals surface area contributed by atoms with Gasteiger partial charge >= 0.3 is 0 Å². The van der Waals surface area contributed by atoms with Gasteiger partial charge in [-0.3, -0.25) is 14.4 Å². The molecule has 3 amide bonds. The van der Waals surface area contributed by atoms with Crippen molar-refractivity contribution in [2.24, 2.45) is 11.8 Å². The van der Waals surface area contributed by atoms with Crippen molar-refractivity contribution in [2.45, 2.75) is 70.1 Å². The van der Waals surface area contributed by atoms with Gasteiger partial charge in [-0.2, -0.15) is 0 Å². The lowest BCUT2D eigenvalue weighted by molar-refractivity contribution is -0.146. The molecule has 9 nitrogen and oxygen atoms in total. The number of β-amino-alcohol motifs (C(OH)–C–C–N with tert-alkyl or cyclic N) is 1. The number of anilines is 1. The minimum absolute atomic E-state index is 0.0265. The molecule has 0 aliphatic carbocycles. The minimum atomic E-state index is -1.07. The summed E-state index contributed by atoms with van der Waals surface area (Å²) in [6.45, 7) is 6.72. The number of carbonyl (C=O) groups is 3. The topological polar surface area (TPSA) is 117 Å². The molecule has 3 N–H and O–H groups in total. The van der Waals surface area contributed by atoms with Gasteiger partial charge in [0, 0.05) is 18.8 Å². The lowest BCUT2D eigenvalue weighted by Gasteiger charge is -2.33. The number of nitrogens with one attached hydrogen (secondary N) is 2. The summed E-state index contributed by atoms with van der Waals surface area (Å²) in [7, 11) is 0. The molecule has 1 spiro atoms. The molecular formula is C26H37N3O6. The summed E-state index contributed by atoms with van der Waals surface area (Å²) in [6.07, 6.45) is 3.44. The van der Waals surface area contributed by atoms with E-state index in [1.807, 2.05) is 20.8 Å². The van der Waals surface area contributed by atoms with Crippen molar-refractivity contribution in [3.05, 3.63) is 24.3 Å². The number of aliphatic hydroxyl groups is 1. The Morgan fingerprint density at radius 1 is 1.17 bits per heavy atom. The number of hydrogen-bond acceptors (Lipinski definition) is 6. The number of aliphatic hydroxyl groups excluding tert-OH is 1. The molecule has 3 saturated heterocycles. The Balaban J connectivity index is 1.64. The molecule has 0 radical (unpaired) electrons.